The highest BCUT2D eigenvalue weighted by Gasteiger charge is 2.11. The van der Waals surface area contributed by atoms with Crippen molar-refractivity contribution in [1.29, 1.82) is 0 Å². The highest BCUT2D eigenvalue weighted by Crippen LogP contribution is 2.25. The van der Waals surface area contributed by atoms with E-state index in [9.17, 15) is 4.79 Å². The highest BCUT2D eigenvalue weighted by molar-refractivity contribution is 7.99. The number of hydrogen-bond acceptors (Lipinski definition) is 5. The minimum Gasteiger partial charge on any atom is -0.346 e. The summed E-state index contributed by atoms with van der Waals surface area (Å²) in [5.74, 6) is 1.84. The van der Waals surface area contributed by atoms with Crippen LogP contribution in [0.4, 0.5) is 0 Å². The first-order valence-corrected chi connectivity index (χ1v) is 7.96. The van der Waals surface area contributed by atoms with E-state index in [0.29, 0.717) is 11.6 Å². The predicted octanol–water partition coefficient (Wildman–Crippen LogP) is 2.63. The van der Waals surface area contributed by atoms with Gasteiger partial charge in [0, 0.05) is 10.6 Å². The Bertz CT molecular complexity index is 529. The average molecular weight is 317 g/mol. The summed E-state index contributed by atoms with van der Waals surface area (Å²) in [6.07, 6.45) is 1.42. The lowest BCUT2D eigenvalue weighted by Crippen LogP contribution is -2.28. The van der Waals surface area contributed by atoms with Crippen molar-refractivity contribution in [3.05, 3.63) is 33.5 Å². The number of carbonyl (C=O) groups is 1. The van der Waals surface area contributed by atoms with Crippen LogP contribution in [-0.2, 0) is 10.5 Å². The molecule has 0 radical (unpaired) electrons. The third kappa shape index (κ3) is 4.52. The van der Waals surface area contributed by atoms with Gasteiger partial charge in [0.1, 0.15) is 12.2 Å². The fourth-order valence-electron chi connectivity index (χ4n) is 1.45. The zero-order valence-electron chi connectivity index (χ0n) is 10.2. The van der Waals surface area contributed by atoms with E-state index in [-0.39, 0.29) is 11.9 Å². The van der Waals surface area contributed by atoms with Crippen molar-refractivity contribution in [3.63, 3.8) is 0 Å². The second-order valence-corrected chi connectivity index (χ2v) is 6.64. The summed E-state index contributed by atoms with van der Waals surface area (Å²) in [4.78, 5) is 16.9. The normalized spacial score (nSPS) is 12.3. The Morgan fingerprint density at radius 2 is 2.47 bits per heavy atom. The average Bonchev–Trinajstić information content (AvgIpc) is 3.00. The van der Waals surface area contributed by atoms with Gasteiger partial charge in [0.25, 0.3) is 0 Å². The Labute approximate surface area is 124 Å². The summed E-state index contributed by atoms with van der Waals surface area (Å²) in [5.41, 5.74) is 0. The summed E-state index contributed by atoms with van der Waals surface area (Å²) < 4.78 is 0.777. The number of amides is 1. The fraction of sp³-hybridized carbons (Fsp3) is 0.364. The van der Waals surface area contributed by atoms with Crippen LogP contribution in [0.3, 0.4) is 0 Å². The zero-order valence-corrected chi connectivity index (χ0v) is 12.6. The summed E-state index contributed by atoms with van der Waals surface area (Å²) >= 11 is 8.94. The van der Waals surface area contributed by atoms with Gasteiger partial charge in [0.15, 0.2) is 0 Å². The lowest BCUT2D eigenvalue weighted by atomic mass is 10.3. The van der Waals surface area contributed by atoms with Gasteiger partial charge in [0.2, 0.25) is 5.91 Å². The van der Waals surface area contributed by atoms with Crippen LogP contribution in [0.15, 0.2) is 18.5 Å². The lowest BCUT2D eigenvalue weighted by molar-refractivity contribution is -0.119. The van der Waals surface area contributed by atoms with Gasteiger partial charge in [-0.2, -0.15) is 5.10 Å². The topological polar surface area (TPSA) is 70.7 Å². The number of halogens is 1. The van der Waals surface area contributed by atoms with E-state index in [1.54, 1.807) is 23.1 Å². The predicted molar refractivity (Wildman–Crippen MR) is 78.4 cm³/mol. The van der Waals surface area contributed by atoms with Crippen LogP contribution in [0, 0.1) is 0 Å². The van der Waals surface area contributed by atoms with Crippen LogP contribution < -0.4 is 5.32 Å². The molecule has 5 nitrogen and oxygen atoms in total. The lowest BCUT2D eigenvalue weighted by Gasteiger charge is -2.10. The minimum absolute atomic E-state index is 0.0171. The number of carbonyl (C=O) groups excluding carboxylic acids is 1. The number of aromatic nitrogens is 3. The molecular weight excluding hydrogens is 304 g/mol. The number of nitrogens with one attached hydrogen (secondary N) is 2. The van der Waals surface area contributed by atoms with E-state index in [4.69, 9.17) is 11.6 Å². The number of hydrogen-bond donors (Lipinski definition) is 2. The first-order chi connectivity index (χ1) is 9.15. The van der Waals surface area contributed by atoms with Gasteiger partial charge in [-0.05, 0) is 19.1 Å². The maximum Gasteiger partial charge on any atom is 0.230 e. The number of thioether (sulfide) groups is 1. The number of aromatic amines is 1. The molecule has 1 atom stereocenters. The van der Waals surface area contributed by atoms with Crippen LogP contribution in [0.2, 0.25) is 4.34 Å². The Morgan fingerprint density at radius 1 is 1.63 bits per heavy atom. The molecule has 102 valence electrons. The largest absolute Gasteiger partial charge is 0.346 e. The molecule has 1 amide bonds. The Hall–Kier alpha value is -1.05. The van der Waals surface area contributed by atoms with Crippen molar-refractivity contribution in [2.45, 2.75) is 18.7 Å². The van der Waals surface area contributed by atoms with Crippen molar-refractivity contribution in [2.24, 2.45) is 0 Å². The third-order valence-corrected chi connectivity index (χ3v) is 4.72. The van der Waals surface area contributed by atoms with Crippen LogP contribution in [-0.4, -0.2) is 26.8 Å². The molecule has 0 fully saturated rings. The molecule has 2 aromatic rings. The quantitative estimate of drug-likeness (QED) is 0.859. The molecule has 0 aliphatic carbocycles. The van der Waals surface area contributed by atoms with Gasteiger partial charge >= 0.3 is 0 Å². The smallest absolute Gasteiger partial charge is 0.230 e. The Morgan fingerprint density at radius 3 is 3.11 bits per heavy atom. The van der Waals surface area contributed by atoms with Crippen molar-refractivity contribution in [3.8, 4) is 0 Å². The molecule has 0 saturated carbocycles. The minimum atomic E-state index is -0.160. The van der Waals surface area contributed by atoms with Crippen molar-refractivity contribution in [1.82, 2.24) is 20.5 Å². The van der Waals surface area contributed by atoms with E-state index in [1.807, 2.05) is 19.1 Å². The van der Waals surface area contributed by atoms with E-state index in [1.165, 1.54) is 11.2 Å². The molecule has 0 aromatic carbocycles. The van der Waals surface area contributed by atoms with Gasteiger partial charge in [-0.3, -0.25) is 9.89 Å². The molecule has 2 aromatic heterocycles. The summed E-state index contributed by atoms with van der Waals surface area (Å²) in [7, 11) is 0. The summed E-state index contributed by atoms with van der Waals surface area (Å²) in [5, 5.41) is 9.34. The van der Waals surface area contributed by atoms with Gasteiger partial charge in [0.05, 0.1) is 16.1 Å². The molecule has 1 unspecified atom stereocenters. The maximum atomic E-state index is 11.7. The number of rotatable bonds is 6. The van der Waals surface area contributed by atoms with Crippen LogP contribution in [0.25, 0.3) is 0 Å². The maximum absolute atomic E-state index is 11.7. The van der Waals surface area contributed by atoms with E-state index in [2.05, 4.69) is 20.5 Å². The molecule has 0 spiro atoms. The van der Waals surface area contributed by atoms with Crippen molar-refractivity contribution < 1.29 is 4.79 Å². The second kappa shape index (κ2) is 6.93. The molecule has 2 N–H and O–H groups in total. The van der Waals surface area contributed by atoms with Crippen LogP contribution in [0.5, 0.6) is 0 Å². The number of nitrogens with zero attached hydrogens (tertiary/aromatic N) is 2. The molecular formula is C11H13ClN4OS2. The molecule has 0 bridgehead atoms. The van der Waals surface area contributed by atoms with Gasteiger partial charge in [-0.1, -0.05) is 11.6 Å². The Kier molecular flexibility index (Phi) is 5.24. The van der Waals surface area contributed by atoms with Gasteiger partial charge in [-0.15, -0.1) is 23.1 Å². The van der Waals surface area contributed by atoms with Crippen molar-refractivity contribution >= 4 is 40.6 Å². The molecule has 19 heavy (non-hydrogen) atoms. The molecule has 0 aliphatic rings. The van der Waals surface area contributed by atoms with E-state index >= 15 is 0 Å². The number of thiophene rings is 1. The molecule has 8 heteroatoms. The van der Waals surface area contributed by atoms with E-state index in [0.717, 1.165) is 10.1 Å². The summed E-state index contributed by atoms with van der Waals surface area (Å²) in [6, 6.07) is 3.69. The van der Waals surface area contributed by atoms with E-state index < -0.39 is 0 Å². The summed E-state index contributed by atoms with van der Waals surface area (Å²) in [6.45, 7) is 1.86. The first-order valence-electron chi connectivity index (χ1n) is 5.61. The molecule has 0 aliphatic heterocycles. The third-order valence-electron chi connectivity index (χ3n) is 2.33. The molecule has 2 heterocycles. The molecule has 0 saturated heterocycles. The second-order valence-electron chi connectivity index (χ2n) is 3.86. The SMILES string of the molecule is CC(NC(=O)CSCc1ccc(Cl)s1)c1ncn[nH]1. The van der Waals surface area contributed by atoms with Gasteiger partial charge in [-0.25, -0.2) is 4.98 Å². The Balaban J connectivity index is 1.70. The van der Waals surface area contributed by atoms with Crippen LogP contribution in [0.1, 0.15) is 23.7 Å². The van der Waals surface area contributed by atoms with Gasteiger partial charge < -0.3 is 5.32 Å². The molecule has 2 rings (SSSR count). The first kappa shape index (κ1) is 14.4. The standard InChI is InChI=1S/C11H13ClN4OS2/c1-7(11-13-6-14-16-11)15-10(17)5-18-4-8-2-3-9(12)19-8/h2-3,6-7H,4-5H2,1H3,(H,15,17)(H,13,14,16). The van der Waals surface area contributed by atoms with Crippen LogP contribution >= 0.6 is 34.7 Å². The zero-order chi connectivity index (χ0) is 13.7. The monoisotopic (exact) mass is 316 g/mol. The highest BCUT2D eigenvalue weighted by atomic mass is 35.5. The number of H-pyrrole nitrogens is 1. The van der Waals surface area contributed by atoms with Crippen molar-refractivity contribution in [2.75, 3.05) is 5.75 Å². The fourth-order valence-corrected chi connectivity index (χ4v) is 3.49.